The van der Waals surface area contributed by atoms with Crippen LogP contribution in [0.1, 0.15) is 13.3 Å². The zero-order valence-electron chi connectivity index (χ0n) is 7.36. The number of carboxylic acid groups (broad SMARTS) is 1. The van der Waals surface area contributed by atoms with Gasteiger partial charge in [0.25, 0.3) is 0 Å². The van der Waals surface area contributed by atoms with Crippen molar-refractivity contribution < 1.29 is 18.3 Å². The van der Waals surface area contributed by atoms with Crippen LogP contribution in [-0.2, 0) is 14.8 Å². The monoisotopic (exact) mass is 207 g/mol. The van der Waals surface area contributed by atoms with Crippen molar-refractivity contribution >= 4 is 16.0 Å². The van der Waals surface area contributed by atoms with Crippen LogP contribution in [-0.4, -0.2) is 31.3 Å². The van der Waals surface area contributed by atoms with Gasteiger partial charge in [-0.3, -0.25) is 4.79 Å². The first-order valence-corrected chi connectivity index (χ1v) is 5.42. The molecule has 6 heteroatoms. The van der Waals surface area contributed by atoms with E-state index in [-0.39, 0.29) is 12.2 Å². The first-order chi connectivity index (χ1) is 5.93. The maximum Gasteiger partial charge on any atom is 0.321 e. The van der Waals surface area contributed by atoms with Gasteiger partial charge < -0.3 is 5.11 Å². The lowest BCUT2D eigenvalue weighted by Gasteiger charge is -2.10. The molecule has 0 fully saturated rings. The number of hydrogen-bond acceptors (Lipinski definition) is 3. The molecule has 0 rings (SSSR count). The molecule has 0 saturated carbocycles. The third-order valence-electron chi connectivity index (χ3n) is 1.37. The molecule has 0 aromatic heterocycles. The van der Waals surface area contributed by atoms with Crippen LogP contribution in [0.3, 0.4) is 0 Å². The van der Waals surface area contributed by atoms with E-state index in [0.29, 0.717) is 0 Å². The van der Waals surface area contributed by atoms with E-state index in [1.165, 1.54) is 6.08 Å². The summed E-state index contributed by atoms with van der Waals surface area (Å²) < 4.78 is 24.2. The number of rotatable bonds is 6. The first-order valence-electron chi connectivity index (χ1n) is 3.76. The summed E-state index contributed by atoms with van der Waals surface area (Å²) in [6.07, 6.45) is 1.42. The van der Waals surface area contributed by atoms with Gasteiger partial charge in [0.05, 0.1) is 5.75 Å². The molecule has 0 bridgehead atoms. The van der Waals surface area contributed by atoms with Gasteiger partial charge in [-0.1, -0.05) is 13.0 Å². The maximum atomic E-state index is 11.1. The van der Waals surface area contributed by atoms with Gasteiger partial charge in [-0.05, 0) is 6.42 Å². The van der Waals surface area contributed by atoms with Crippen LogP contribution in [0.2, 0.25) is 0 Å². The second-order valence-electron chi connectivity index (χ2n) is 2.49. The molecule has 0 saturated heterocycles. The van der Waals surface area contributed by atoms with Gasteiger partial charge in [0, 0.05) is 0 Å². The van der Waals surface area contributed by atoms with Crippen molar-refractivity contribution in [3.63, 3.8) is 0 Å². The number of carbonyl (C=O) groups is 1. The highest BCUT2D eigenvalue weighted by molar-refractivity contribution is 7.89. The molecule has 0 aliphatic carbocycles. The second kappa shape index (κ2) is 4.98. The van der Waals surface area contributed by atoms with E-state index in [9.17, 15) is 13.2 Å². The van der Waals surface area contributed by atoms with Crippen molar-refractivity contribution in [1.82, 2.24) is 4.72 Å². The normalized spacial score (nSPS) is 13.6. The van der Waals surface area contributed by atoms with E-state index in [4.69, 9.17) is 5.11 Å². The summed E-state index contributed by atoms with van der Waals surface area (Å²) in [6, 6.07) is -1.05. The van der Waals surface area contributed by atoms with Gasteiger partial charge in [-0.15, -0.1) is 6.58 Å². The fourth-order valence-electron chi connectivity index (χ4n) is 0.728. The van der Waals surface area contributed by atoms with E-state index < -0.39 is 22.0 Å². The fourth-order valence-corrected chi connectivity index (χ4v) is 1.84. The Hall–Kier alpha value is -0.880. The summed E-state index contributed by atoms with van der Waals surface area (Å²) in [7, 11) is -3.54. The average molecular weight is 207 g/mol. The lowest BCUT2D eigenvalue weighted by molar-refractivity contribution is -0.139. The van der Waals surface area contributed by atoms with Crippen molar-refractivity contribution in [3.05, 3.63) is 12.7 Å². The predicted molar refractivity (Wildman–Crippen MR) is 48.8 cm³/mol. The molecule has 0 heterocycles. The molecule has 0 radical (unpaired) electrons. The first kappa shape index (κ1) is 12.1. The molecule has 0 amide bonds. The van der Waals surface area contributed by atoms with Crippen LogP contribution in [0.25, 0.3) is 0 Å². The largest absolute Gasteiger partial charge is 0.480 e. The molecular formula is C7H13NO4S. The van der Waals surface area contributed by atoms with Crippen molar-refractivity contribution in [1.29, 1.82) is 0 Å². The molecule has 76 valence electrons. The summed E-state index contributed by atoms with van der Waals surface area (Å²) in [5.74, 6) is -1.44. The highest BCUT2D eigenvalue weighted by atomic mass is 32.2. The van der Waals surface area contributed by atoms with Gasteiger partial charge in [0.15, 0.2) is 0 Å². The van der Waals surface area contributed by atoms with E-state index in [1.807, 2.05) is 4.72 Å². The van der Waals surface area contributed by atoms with Crippen LogP contribution >= 0.6 is 0 Å². The lowest BCUT2D eigenvalue weighted by atomic mass is 10.2. The Morgan fingerprint density at radius 3 is 2.54 bits per heavy atom. The molecule has 0 aromatic rings. The van der Waals surface area contributed by atoms with E-state index in [0.717, 1.165) is 0 Å². The molecule has 5 nitrogen and oxygen atoms in total. The maximum absolute atomic E-state index is 11.1. The van der Waals surface area contributed by atoms with Crippen molar-refractivity contribution in [2.24, 2.45) is 0 Å². The second-order valence-corrected chi connectivity index (χ2v) is 4.29. The minimum absolute atomic E-state index is 0.214. The quantitative estimate of drug-likeness (QED) is 0.598. The minimum Gasteiger partial charge on any atom is -0.480 e. The van der Waals surface area contributed by atoms with Crippen molar-refractivity contribution in [2.45, 2.75) is 19.4 Å². The van der Waals surface area contributed by atoms with Crippen LogP contribution in [0.4, 0.5) is 0 Å². The van der Waals surface area contributed by atoms with Gasteiger partial charge in [0.2, 0.25) is 10.0 Å². The Labute approximate surface area is 77.5 Å². The Bertz CT molecular complexity index is 283. The molecule has 2 N–H and O–H groups in total. The number of sulfonamides is 1. The van der Waals surface area contributed by atoms with Gasteiger partial charge in [-0.25, -0.2) is 13.1 Å². The topological polar surface area (TPSA) is 83.5 Å². The van der Waals surface area contributed by atoms with Crippen LogP contribution in [0, 0.1) is 0 Å². The molecule has 1 atom stereocenters. The Morgan fingerprint density at radius 1 is 1.69 bits per heavy atom. The molecule has 13 heavy (non-hydrogen) atoms. The third-order valence-corrected chi connectivity index (χ3v) is 2.68. The van der Waals surface area contributed by atoms with E-state index >= 15 is 0 Å². The fraction of sp³-hybridized carbons (Fsp3) is 0.571. The van der Waals surface area contributed by atoms with Crippen LogP contribution in [0.5, 0.6) is 0 Å². The summed E-state index contributed by atoms with van der Waals surface area (Å²) in [6.45, 7) is 4.85. The van der Waals surface area contributed by atoms with Gasteiger partial charge in [0.1, 0.15) is 6.04 Å². The van der Waals surface area contributed by atoms with Gasteiger partial charge >= 0.3 is 5.97 Å². The molecule has 0 aliphatic rings. The highest BCUT2D eigenvalue weighted by Crippen LogP contribution is 1.95. The average Bonchev–Trinajstić information content (AvgIpc) is 1.99. The SMILES string of the molecule is C=CCS(=O)(=O)N[C@H](CC)C(=O)O. The lowest BCUT2D eigenvalue weighted by Crippen LogP contribution is -2.41. The minimum atomic E-state index is -3.54. The molecule has 0 aliphatic heterocycles. The Balaban J connectivity index is 4.40. The standard InChI is InChI=1S/C7H13NO4S/c1-3-5-13(11,12)8-6(4-2)7(9)10/h3,6,8H,1,4-5H2,2H3,(H,9,10)/t6-/m1/s1. The number of carboxylic acids is 1. The molecule has 0 spiro atoms. The van der Waals surface area contributed by atoms with Crippen LogP contribution < -0.4 is 4.72 Å². The third kappa shape index (κ3) is 4.64. The van der Waals surface area contributed by atoms with E-state index in [1.54, 1.807) is 6.92 Å². The summed E-state index contributed by atoms with van der Waals surface area (Å²) in [5.41, 5.74) is 0. The highest BCUT2D eigenvalue weighted by Gasteiger charge is 2.20. The Morgan fingerprint density at radius 2 is 2.23 bits per heavy atom. The smallest absolute Gasteiger partial charge is 0.321 e. The van der Waals surface area contributed by atoms with Crippen molar-refractivity contribution in [2.75, 3.05) is 5.75 Å². The number of hydrogen-bond donors (Lipinski definition) is 2. The number of nitrogens with one attached hydrogen (secondary N) is 1. The van der Waals surface area contributed by atoms with Gasteiger partial charge in [-0.2, -0.15) is 0 Å². The zero-order valence-corrected chi connectivity index (χ0v) is 8.17. The van der Waals surface area contributed by atoms with Crippen molar-refractivity contribution in [3.8, 4) is 0 Å². The summed E-state index contributed by atoms with van der Waals surface area (Å²) in [5, 5.41) is 8.55. The van der Waals surface area contributed by atoms with Crippen LogP contribution in [0.15, 0.2) is 12.7 Å². The Kier molecular flexibility index (Phi) is 4.64. The zero-order chi connectivity index (χ0) is 10.5. The molecule has 0 aromatic carbocycles. The summed E-state index contributed by atoms with van der Waals surface area (Å²) in [4.78, 5) is 10.5. The molecular weight excluding hydrogens is 194 g/mol. The summed E-state index contributed by atoms with van der Waals surface area (Å²) >= 11 is 0. The number of aliphatic carboxylic acids is 1. The molecule has 0 unspecified atom stereocenters. The predicted octanol–water partition coefficient (Wildman–Crippen LogP) is -0.0450. The van der Waals surface area contributed by atoms with E-state index in [2.05, 4.69) is 6.58 Å².